The molecule has 0 fully saturated rings. The van der Waals surface area contributed by atoms with Gasteiger partial charge in [0, 0.05) is 3.57 Å². The van der Waals surface area contributed by atoms with Crippen molar-refractivity contribution in [1.82, 2.24) is 0 Å². The topological polar surface area (TPSA) is 52.9 Å². The minimum absolute atomic E-state index is 0.294. The van der Waals surface area contributed by atoms with Crippen LogP contribution in [0.2, 0.25) is 5.02 Å². The zero-order valence-electron chi connectivity index (χ0n) is 9.34. The molecule has 5 heteroatoms. The Hall–Kier alpha value is -0.800. The maximum Gasteiger partial charge on any atom is 0.241 e. The highest BCUT2D eigenvalue weighted by Crippen LogP contribution is 2.24. The average Bonchev–Trinajstić information content (AvgIpc) is 2.29. The van der Waals surface area contributed by atoms with Crippen LogP contribution in [0, 0.1) is 20.8 Å². The first-order valence-corrected chi connectivity index (χ1v) is 6.69. The van der Waals surface area contributed by atoms with Gasteiger partial charge in [0.25, 0.3) is 0 Å². The quantitative estimate of drug-likeness (QED) is 0.828. The maximum atomic E-state index is 11.8. The van der Waals surface area contributed by atoms with Crippen molar-refractivity contribution in [1.29, 1.82) is 5.26 Å². The molecule has 0 saturated carbocycles. The van der Waals surface area contributed by atoms with E-state index in [0.717, 1.165) is 9.99 Å². The average molecular weight is 363 g/mol. The predicted molar refractivity (Wildman–Crippen MR) is 76.8 cm³/mol. The van der Waals surface area contributed by atoms with Crippen molar-refractivity contribution in [2.24, 2.45) is 5.92 Å². The van der Waals surface area contributed by atoms with Crippen LogP contribution in [0.1, 0.15) is 19.8 Å². The zero-order chi connectivity index (χ0) is 12.8. The van der Waals surface area contributed by atoms with Crippen LogP contribution < -0.4 is 5.32 Å². The van der Waals surface area contributed by atoms with Crippen molar-refractivity contribution >= 4 is 45.8 Å². The van der Waals surface area contributed by atoms with E-state index in [2.05, 4.69) is 27.9 Å². The summed E-state index contributed by atoms with van der Waals surface area (Å²) in [6, 6.07) is 7.35. The number of rotatable bonds is 4. The molecule has 0 spiro atoms. The number of amides is 1. The number of halogens is 2. The second kappa shape index (κ2) is 6.82. The lowest BCUT2D eigenvalue weighted by Crippen LogP contribution is -2.21. The molecule has 1 rings (SSSR count). The molecule has 1 amide bonds. The lowest BCUT2D eigenvalue weighted by atomic mass is 10.0. The van der Waals surface area contributed by atoms with Gasteiger partial charge >= 0.3 is 0 Å². The summed E-state index contributed by atoms with van der Waals surface area (Å²) in [5.74, 6) is -0.909. The van der Waals surface area contributed by atoms with Gasteiger partial charge in [-0.15, -0.1) is 0 Å². The van der Waals surface area contributed by atoms with E-state index in [1.165, 1.54) is 0 Å². The lowest BCUT2D eigenvalue weighted by Gasteiger charge is -2.10. The van der Waals surface area contributed by atoms with E-state index >= 15 is 0 Å². The fourth-order valence-corrected chi connectivity index (χ4v) is 2.26. The third-order valence-corrected chi connectivity index (χ3v) is 3.22. The van der Waals surface area contributed by atoms with Gasteiger partial charge in [-0.3, -0.25) is 4.79 Å². The molecular formula is C12H12ClIN2O. The van der Waals surface area contributed by atoms with Gasteiger partial charge in [-0.2, -0.15) is 5.26 Å². The van der Waals surface area contributed by atoms with Crippen LogP contribution >= 0.6 is 34.2 Å². The molecule has 0 aliphatic heterocycles. The lowest BCUT2D eigenvalue weighted by molar-refractivity contribution is -0.118. The van der Waals surface area contributed by atoms with Crippen molar-refractivity contribution in [3.8, 4) is 6.07 Å². The summed E-state index contributed by atoms with van der Waals surface area (Å²) in [5.41, 5.74) is 0.549. The van der Waals surface area contributed by atoms with Gasteiger partial charge in [0.1, 0.15) is 5.92 Å². The predicted octanol–water partition coefficient (Wildman–Crippen LogP) is 3.82. The molecular weight excluding hydrogens is 351 g/mol. The van der Waals surface area contributed by atoms with Crippen molar-refractivity contribution in [2.75, 3.05) is 5.32 Å². The standard InChI is InChI=1S/C12H12ClIN2O/c1-2-3-8(7-15)12(17)16-11-5-4-9(14)6-10(11)13/h4-6,8H,2-3H2,1H3,(H,16,17). The van der Waals surface area contributed by atoms with Crippen molar-refractivity contribution in [2.45, 2.75) is 19.8 Å². The summed E-state index contributed by atoms with van der Waals surface area (Å²) in [5, 5.41) is 12.0. The Morgan fingerprint density at radius 3 is 2.88 bits per heavy atom. The second-order valence-electron chi connectivity index (χ2n) is 3.58. The van der Waals surface area contributed by atoms with Crippen LogP contribution in [-0.4, -0.2) is 5.91 Å². The number of hydrogen-bond donors (Lipinski definition) is 1. The Balaban J connectivity index is 2.77. The molecule has 1 aromatic carbocycles. The monoisotopic (exact) mass is 362 g/mol. The molecule has 0 heterocycles. The Morgan fingerprint density at radius 1 is 1.65 bits per heavy atom. The van der Waals surface area contributed by atoms with Crippen LogP contribution in [0.5, 0.6) is 0 Å². The van der Waals surface area contributed by atoms with E-state index in [1.807, 2.05) is 19.1 Å². The molecule has 17 heavy (non-hydrogen) atoms. The number of carbonyl (C=O) groups excluding carboxylic acids is 1. The summed E-state index contributed by atoms with van der Waals surface area (Å²) < 4.78 is 0.996. The van der Waals surface area contributed by atoms with Crippen molar-refractivity contribution < 1.29 is 4.79 Å². The second-order valence-corrected chi connectivity index (χ2v) is 5.24. The molecule has 0 aromatic heterocycles. The van der Waals surface area contributed by atoms with E-state index in [9.17, 15) is 4.79 Å². The molecule has 90 valence electrons. The first kappa shape index (κ1) is 14.3. The van der Waals surface area contributed by atoms with E-state index in [0.29, 0.717) is 17.1 Å². The molecule has 1 aromatic rings. The van der Waals surface area contributed by atoms with Crippen LogP contribution in [0.4, 0.5) is 5.69 Å². The van der Waals surface area contributed by atoms with Gasteiger partial charge in [0.15, 0.2) is 0 Å². The third kappa shape index (κ3) is 4.17. The number of nitrogens with zero attached hydrogens (tertiary/aromatic N) is 1. The Bertz CT molecular complexity index is 456. The van der Waals surface area contributed by atoms with Gasteiger partial charge in [-0.25, -0.2) is 0 Å². The number of hydrogen-bond acceptors (Lipinski definition) is 2. The van der Waals surface area contributed by atoms with E-state index in [-0.39, 0.29) is 5.91 Å². The van der Waals surface area contributed by atoms with Crippen LogP contribution in [0.3, 0.4) is 0 Å². The van der Waals surface area contributed by atoms with Crippen LogP contribution in [0.15, 0.2) is 18.2 Å². The highest BCUT2D eigenvalue weighted by atomic mass is 127. The largest absolute Gasteiger partial charge is 0.324 e. The molecule has 1 unspecified atom stereocenters. The number of nitriles is 1. The van der Waals surface area contributed by atoms with Crippen molar-refractivity contribution in [3.05, 3.63) is 26.8 Å². The van der Waals surface area contributed by atoms with Gasteiger partial charge in [-0.1, -0.05) is 24.9 Å². The smallest absolute Gasteiger partial charge is 0.241 e. The summed E-state index contributed by atoms with van der Waals surface area (Å²) in [7, 11) is 0. The number of carbonyl (C=O) groups is 1. The maximum absolute atomic E-state index is 11.8. The first-order valence-electron chi connectivity index (χ1n) is 5.24. The fourth-order valence-electron chi connectivity index (χ4n) is 1.35. The van der Waals surface area contributed by atoms with E-state index < -0.39 is 5.92 Å². The first-order chi connectivity index (χ1) is 8.08. The van der Waals surface area contributed by atoms with Gasteiger partial charge in [0.2, 0.25) is 5.91 Å². The number of benzene rings is 1. The van der Waals surface area contributed by atoms with E-state index in [4.69, 9.17) is 16.9 Å². The van der Waals surface area contributed by atoms with Crippen molar-refractivity contribution in [3.63, 3.8) is 0 Å². The molecule has 0 aliphatic rings. The minimum Gasteiger partial charge on any atom is -0.324 e. The Labute approximate surface area is 119 Å². The van der Waals surface area contributed by atoms with Gasteiger partial charge in [0.05, 0.1) is 16.8 Å². The number of nitrogens with one attached hydrogen (secondary N) is 1. The normalized spacial score (nSPS) is 11.6. The van der Waals surface area contributed by atoms with Gasteiger partial charge in [-0.05, 0) is 47.2 Å². The summed E-state index contributed by atoms with van der Waals surface area (Å²) in [6.45, 7) is 1.94. The third-order valence-electron chi connectivity index (χ3n) is 2.24. The van der Waals surface area contributed by atoms with Gasteiger partial charge < -0.3 is 5.32 Å². The molecule has 0 bridgehead atoms. The highest BCUT2D eigenvalue weighted by Gasteiger charge is 2.17. The molecule has 0 saturated heterocycles. The van der Waals surface area contributed by atoms with Crippen LogP contribution in [0.25, 0.3) is 0 Å². The minimum atomic E-state index is -0.615. The molecule has 1 atom stereocenters. The van der Waals surface area contributed by atoms with E-state index in [1.54, 1.807) is 12.1 Å². The molecule has 3 nitrogen and oxygen atoms in total. The summed E-state index contributed by atoms with van der Waals surface area (Å²) in [4.78, 5) is 11.8. The SMILES string of the molecule is CCCC(C#N)C(=O)Nc1ccc(I)cc1Cl. The highest BCUT2D eigenvalue weighted by molar-refractivity contribution is 14.1. The summed E-state index contributed by atoms with van der Waals surface area (Å²) >= 11 is 8.14. The Kier molecular flexibility index (Phi) is 5.72. The van der Waals surface area contributed by atoms with Crippen LogP contribution in [-0.2, 0) is 4.79 Å². The fraction of sp³-hybridized carbons (Fsp3) is 0.333. The molecule has 1 N–H and O–H groups in total. The summed E-state index contributed by atoms with van der Waals surface area (Å²) in [6.07, 6.45) is 1.36. The Morgan fingerprint density at radius 2 is 2.35 bits per heavy atom. The molecule has 0 aliphatic carbocycles. The zero-order valence-corrected chi connectivity index (χ0v) is 12.2. The molecule has 0 radical (unpaired) electrons. The number of anilines is 1.